The zero-order valence-electron chi connectivity index (χ0n) is 12.3. The third kappa shape index (κ3) is 6.07. The van der Waals surface area contributed by atoms with Crippen LogP contribution in [0.15, 0.2) is 6.07 Å². The van der Waals surface area contributed by atoms with Gasteiger partial charge in [0.15, 0.2) is 0 Å². The standard InChI is InChI=1S/C13H20N4O4/c1-4-9(6-11(18)19)7-14-13(20)17-12-15-8(2)5-10(16-12)21-3/h5,9H,4,6-7H2,1-3H3,(H,18,19)(H2,14,15,16,17,20). The van der Waals surface area contributed by atoms with E-state index in [0.717, 1.165) is 0 Å². The van der Waals surface area contributed by atoms with Crippen molar-refractivity contribution in [2.45, 2.75) is 26.7 Å². The van der Waals surface area contributed by atoms with Gasteiger partial charge in [0.25, 0.3) is 0 Å². The predicted molar refractivity (Wildman–Crippen MR) is 76.4 cm³/mol. The molecule has 21 heavy (non-hydrogen) atoms. The maximum Gasteiger partial charge on any atom is 0.321 e. The Morgan fingerprint density at radius 3 is 2.71 bits per heavy atom. The van der Waals surface area contributed by atoms with Crippen LogP contribution in [0.1, 0.15) is 25.5 Å². The number of ether oxygens (including phenoxy) is 1. The van der Waals surface area contributed by atoms with Gasteiger partial charge < -0.3 is 15.2 Å². The van der Waals surface area contributed by atoms with Crippen molar-refractivity contribution in [1.29, 1.82) is 0 Å². The number of nitrogens with one attached hydrogen (secondary N) is 2. The minimum absolute atomic E-state index is 0.0194. The van der Waals surface area contributed by atoms with Gasteiger partial charge in [-0.2, -0.15) is 4.98 Å². The highest BCUT2D eigenvalue weighted by Gasteiger charge is 2.13. The van der Waals surface area contributed by atoms with Crippen LogP contribution in [-0.4, -0.2) is 40.7 Å². The molecule has 1 aromatic rings. The van der Waals surface area contributed by atoms with Crippen LogP contribution in [0.3, 0.4) is 0 Å². The Bertz CT molecular complexity index is 507. The number of nitrogens with zero attached hydrogens (tertiary/aromatic N) is 2. The van der Waals surface area contributed by atoms with Crippen LogP contribution in [-0.2, 0) is 4.79 Å². The number of carbonyl (C=O) groups excluding carboxylic acids is 1. The van der Waals surface area contributed by atoms with E-state index in [1.165, 1.54) is 7.11 Å². The second-order valence-corrected chi connectivity index (χ2v) is 4.58. The van der Waals surface area contributed by atoms with Crippen LogP contribution in [0.2, 0.25) is 0 Å². The number of anilines is 1. The van der Waals surface area contributed by atoms with Crippen LogP contribution in [0.5, 0.6) is 5.88 Å². The normalized spacial score (nSPS) is 11.6. The smallest absolute Gasteiger partial charge is 0.321 e. The first kappa shape index (κ1) is 16.7. The molecule has 1 aromatic heterocycles. The van der Waals surface area contributed by atoms with Gasteiger partial charge in [-0.15, -0.1) is 0 Å². The summed E-state index contributed by atoms with van der Waals surface area (Å²) < 4.78 is 4.99. The van der Waals surface area contributed by atoms with Crippen molar-refractivity contribution in [2.75, 3.05) is 19.0 Å². The summed E-state index contributed by atoms with van der Waals surface area (Å²) >= 11 is 0. The van der Waals surface area contributed by atoms with Crippen molar-refractivity contribution in [3.05, 3.63) is 11.8 Å². The van der Waals surface area contributed by atoms with E-state index in [9.17, 15) is 9.59 Å². The van der Waals surface area contributed by atoms with Gasteiger partial charge >= 0.3 is 12.0 Å². The number of urea groups is 1. The number of rotatable bonds is 7. The minimum atomic E-state index is -0.879. The van der Waals surface area contributed by atoms with Crippen molar-refractivity contribution < 1.29 is 19.4 Å². The SMILES string of the molecule is CCC(CNC(=O)Nc1nc(C)cc(OC)n1)CC(=O)O. The maximum absolute atomic E-state index is 11.7. The van der Waals surface area contributed by atoms with Crippen LogP contribution >= 0.6 is 0 Å². The zero-order chi connectivity index (χ0) is 15.8. The molecule has 3 N–H and O–H groups in total. The first-order valence-corrected chi connectivity index (χ1v) is 6.60. The summed E-state index contributed by atoms with van der Waals surface area (Å²) in [6, 6.07) is 1.16. The number of aliphatic carboxylic acids is 1. The molecule has 8 nitrogen and oxygen atoms in total. The summed E-state index contributed by atoms with van der Waals surface area (Å²) in [6.45, 7) is 3.91. The highest BCUT2D eigenvalue weighted by Crippen LogP contribution is 2.11. The van der Waals surface area contributed by atoms with Crippen molar-refractivity contribution in [2.24, 2.45) is 5.92 Å². The Morgan fingerprint density at radius 2 is 2.14 bits per heavy atom. The summed E-state index contributed by atoms with van der Waals surface area (Å²) in [5.41, 5.74) is 0.662. The first-order chi connectivity index (χ1) is 9.94. The number of carbonyl (C=O) groups is 2. The second kappa shape index (κ2) is 8.03. The molecule has 0 aliphatic carbocycles. The third-order valence-corrected chi connectivity index (χ3v) is 2.86. The Morgan fingerprint density at radius 1 is 1.43 bits per heavy atom. The summed E-state index contributed by atoms with van der Waals surface area (Å²) in [6.07, 6.45) is 0.687. The number of carboxylic acid groups (broad SMARTS) is 1. The second-order valence-electron chi connectivity index (χ2n) is 4.58. The molecule has 1 unspecified atom stereocenters. The number of hydrogen-bond acceptors (Lipinski definition) is 5. The third-order valence-electron chi connectivity index (χ3n) is 2.86. The van der Waals surface area contributed by atoms with Gasteiger partial charge in [0.05, 0.1) is 7.11 Å². The molecule has 116 valence electrons. The van der Waals surface area contributed by atoms with Crippen LogP contribution < -0.4 is 15.4 Å². The van der Waals surface area contributed by atoms with Crippen LogP contribution in [0.25, 0.3) is 0 Å². The highest BCUT2D eigenvalue weighted by atomic mass is 16.5. The molecule has 1 atom stereocenters. The van der Waals surface area contributed by atoms with E-state index in [-0.39, 0.29) is 24.8 Å². The molecule has 0 aliphatic heterocycles. The fraction of sp³-hybridized carbons (Fsp3) is 0.538. The van der Waals surface area contributed by atoms with Crippen molar-refractivity contribution in [3.63, 3.8) is 0 Å². The monoisotopic (exact) mass is 296 g/mol. The quantitative estimate of drug-likeness (QED) is 0.701. The molecular weight excluding hydrogens is 276 g/mol. The number of hydrogen-bond donors (Lipinski definition) is 3. The minimum Gasteiger partial charge on any atom is -0.481 e. The van der Waals surface area contributed by atoms with E-state index < -0.39 is 12.0 Å². The lowest BCUT2D eigenvalue weighted by atomic mass is 10.0. The Kier molecular flexibility index (Phi) is 6.38. The van der Waals surface area contributed by atoms with E-state index in [0.29, 0.717) is 18.0 Å². The molecule has 1 rings (SSSR count). The molecule has 0 fully saturated rings. The van der Waals surface area contributed by atoms with Crippen molar-refractivity contribution in [3.8, 4) is 5.88 Å². The molecule has 0 saturated carbocycles. The predicted octanol–water partition coefficient (Wildman–Crippen LogP) is 1.42. The van der Waals surface area contributed by atoms with E-state index in [4.69, 9.17) is 9.84 Å². The molecular formula is C13H20N4O4. The molecule has 0 radical (unpaired) electrons. The van der Waals surface area contributed by atoms with Gasteiger partial charge in [-0.3, -0.25) is 10.1 Å². The fourth-order valence-electron chi connectivity index (χ4n) is 1.69. The molecule has 0 spiro atoms. The fourth-order valence-corrected chi connectivity index (χ4v) is 1.69. The lowest BCUT2D eigenvalue weighted by Gasteiger charge is -2.13. The molecule has 2 amide bonds. The summed E-state index contributed by atoms with van der Waals surface area (Å²) in [4.78, 5) is 30.4. The van der Waals surface area contributed by atoms with Gasteiger partial charge in [0.2, 0.25) is 11.8 Å². The summed E-state index contributed by atoms with van der Waals surface area (Å²) in [5.74, 6) is -0.497. The number of methoxy groups -OCH3 is 1. The molecule has 8 heteroatoms. The Hall–Kier alpha value is -2.38. The first-order valence-electron chi connectivity index (χ1n) is 6.60. The molecule has 0 aromatic carbocycles. The average Bonchev–Trinajstić information content (AvgIpc) is 2.42. The molecule has 0 saturated heterocycles. The van der Waals surface area contributed by atoms with Crippen molar-refractivity contribution in [1.82, 2.24) is 15.3 Å². The van der Waals surface area contributed by atoms with Gasteiger partial charge in [0, 0.05) is 24.7 Å². The van der Waals surface area contributed by atoms with Crippen LogP contribution in [0, 0.1) is 12.8 Å². The van der Waals surface area contributed by atoms with Gasteiger partial charge in [-0.1, -0.05) is 13.3 Å². The summed E-state index contributed by atoms with van der Waals surface area (Å²) in [5, 5.41) is 13.8. The highest BCUT2D eigenvalue weighted by molar-refractivity contribution is 5.87. The number of amides is 2. The Labute approximate surface area is 122 Å². The van der Waals surface area contributed by atoms with Crippen LogP contribution in [0.4, 0.5) is 10.7 Å². The summed E-state index contributed by atoms with van der Waals surface area (Å²) in [7, 11) is 1.48. The average molecular weight is 296 g/mol. The number of aryl methyl sites for hydroxylation is 1. The van der Waals surface area contributed by atoms with E-state index in [1.807, 2.05) is 6.92 Å². The zero-order valence-corrected chi connectivity index (χ0v) is 12.3. The van der Waals surface area contributed by atoms with Gasteiger partial charge in [0.1, 0.15) is 0 Å². The van der Waals surface area contributed by atoms with E-state index in [2.05, 4.69) is 20.6 Å². The van der Waals surface area contributed by atoms with E-state index in [1.54, 1.807) is 13.0 Å². The van der Waals surface area contributed by atoms with E-state index >= 15 is 0 Å². The number of carboxylic acids is 1. The van der Waals surface area contributed by atoms with Crippen molar-refractivity contribution >= 4 is 17.9 Å². The Balaban J connectivity index is 2.53. The maximum atomic E-state index is 11.7. The van der Waals surface area contributed by atoms with Gasteiger partial charge in [-0.25, -0.2) is 9.78 Å². The molecule has 0 bridgehead atoms. The number of aromatic nitrogens is 2. The molecule has 0 aliphatic rings. The lowest BCUT2D eigenvalue weighted by molar-refractivity contribution is -0.138. The topological polar surface area (TPSA) is 113 Å². The largest absolute Gasteiger partial charge is 0.481 e. The molecule has 1 heterocycles. The lowest BCUT2D eigenvalue weighted by Crippen LogP contribution is -2.34. The van der Waals surface area contributed by atoms with Gasteiger partial charge in [-0.05, 0) is 12.8 Å².